The van der Waals surface area contributed by atoms with Gasteiger partial charge >= 0.3 is 7.60 Å². The summed E-state index contributed by atoms with van der Waals surface area (Å²) in [5.74, 6) is 0. The Kier molecular flexibility index (Phi) is 5.92. The van der Waals surface area contributed by atoms with Crippen LogP contribution in [0.2, 0.25) is 0 Å². The van der Waals surface area contributed by atoms with Crippen LogP contribution in [0.15, 0.2) is 0 Å². The van der Waals surface area contributed by atoms with E-state index in [1.54, 1.807) is 0 Å². The van der Waals surface area contributed by atoms with Crippen LogP contribution < -0.4 is 10.6 Å². The summed E-state index contributed by atoms with van der Waals surface area (Å²) < 4.78 is 14.0. The van der Waals surface area contributed by atoms with Gasteiger partial charge in [-0.25, -0.2) is 5.26 Å². The lowest BCUT2D eigenvalue weighted by Gasteiger charge is -2.13. The smallest absolute Gasteiger partial charge is 0.339 e. The standard InChI is InChI=1S/C4H11NO7P2/c5-2-1-3(14(9,10)11)4(6)13(8)12-7/h3,6-7H,1-2,5H2,(H2,9,10,11). The van der Waals surface area contributed by atoms with Crippen LogP contribution in [0, 0.1) is 0 Å². The second kappa shape index (κ2) is 5.87. The van der Waals surface area contributed by atoms with E-state index >= 15 is 0 Å². The Balaban J connectivity index is 4.94. The number of hydrogen-bond acceptors (Lipinski definition) is 5. The number of aliphatic hydroxyl groups is 1. The summed E-state index contributed by atoms with van der Waals surface area (Å²) in [4.78, 5) is 28.1. The quantitative estimate of drug-likeness (QED) is 0.224. The third-order valence-electron chi connectivity index (χ3n) is 1.41. The zero-order valence-electron chi connectivity index (χ0n) is 6.98. The first-order chi connectivity index (χ1) is 6.34. The van der Waals surface area contributed by atoms with Gasteiger partial charge in [0.25, 0.3) is 13.5 Å². The lowest BCUT2D eigenvalue weighted by Crippen LogP contribution is -2.25. The molecule has 0 aliphatic heterocycles. The van der Waals surface area contributed by atoms with Crippen LogP contribution in [0.25, 0.3) is 0 Å². The number of nitrogens with two attached hydrogens (primary N) is 1. The lowest BCUT2D eigenvalue weighted by molar-refractivity contribution is -0.232. The van der Waals surface area contributed by atoms with Crippen LogP contribution in [0.4, 0.5) is 0 Å². The van der Waals surface area contributed by atoms with Gasteiger partial charge in [0.1, 0.15) is 0 Å². The summed E-state index contributed by atoms with van der Waals surface area (Å²) >= 11 is 0. The number of aliphatic hydroxyl groups excluding tert-OH is 1. The Bertz CT molecular complexity index is 260. The van der Waals surface area contributed by atoms with E-state index in [1.165, 1.54) is 0 Å². The van der Waals surface area contributed by atoms with E-state index in [0.717, 1.165) is 0 Å². The molecule has 0 aliphatic carbocycles. The molecule has 14 heavy (non-hydrogen) atoms. The molecule has 10 heteroatoms. The van der Waals surface area contributed by atoms with Crippen molar-refractivity contribution in [3.63, 3.8) is 0 Å². The molecule has 0 rings (SSSR count). The summed E-state index contributed by atoms with van der Waals surface area (Å²) in [6.07, 6.45) is -0.263. The fourth-order valence-corrected chi connectivity index (χ4v) is 2.75. The summed E-state index contributed by atoms with van der Waals surface area (Å²) in [5.41, 5.74) is 2.27. The first-order valence-corrected chi connectivity index (χ1v) is 6.30. The molecule has 0 heterocycles. The van der Waals surface area contributed by atoms with Crippen LogP contribution in [0.3, 0.4) is 0 Å². The van der Waals surface area contributed by atoms with Crippen molar-refractivity contribution >= 4 is 21.1 Å². The van der Waals surface area contributed by atoms with E-state index in [0.29, 0.717) is 0 Å². The second-order valence-corrected chi connectivity index (χ2v) is 5.32. The highest BCUT2D eigenvalue weighted by molar-refractivity contribution is 7.57. The van der Waals surface area contributed by atoms with Gasteiger partial charge in [-0.15, -0.1) is 0 Å². The monoisotopic (exact) mass is 247 g/mol. The zero-order valence-corrected chi connectivity index (χ0v) is 8.77. The highest BCUT2D eigenvalue weighted by atomic mass is 31.2. The normalized spacial score (nSPS) is 16.4. The van der Waals surface area contributed by atoms with Crippen LogP contribution in [-0.4, -0.2) is 37.8 Å². The van der Waals surface area contributed by atoms with Gasteiger partial charge in [-0.2, -0.15) is 0 Å². The van der Waals surface area contributed by atoms with Crippen LogP contribution >= 0.6 is 15.6 Å². The number of hydrogen-bond donors (Lipinski definition) is 5. The molecule has 0 aromatic rings. The highest BCUT2D eigenvalue weighted by Crippen LogP contribution is 2.44. The Morgan fingerprint density at radius 1 is 1.64 bits per heavy atom. The summed E-state index contributed by atoms with van der Waals surface area (Å²) in [6.45, 7) is -0.117. The van der Waals surface area contributed by atoms with E-state index in [-0.39, 0.29) is 13.0 Å². The SMILES string of the molecule is NCCC(/C(O)=[P+](\[O-])OO)P(=O)(O)O. The third kappa shape index (κ3) is 4.10. The molecule has 0 bridgehead atoms. The van der Waals surface area contributed by atoms with E-state index < -0.39 is 26.7 Å². The fourth-order valence-electron chi connectivity index (χ4n) is 0.769. The number of rotatable bonds is 5. The molecule has 2 atom stereocenters. The van der Waals surface area contributed by atoms with Crippen molar-refractivity contribution in [2.45, 2.75) is 12.1 Å². The van der Waals surface area contributed by atoms with Crippen molar-refractivity contribution in [2.24, 2.45) is 5.73 Å². The van der Waals surface area contributed by atoms with E-state index in [1.807, 2.05) is 0 Å². The van der Waals surface area contributed by atoms with Gasteiger partial charge in [-0.1, -0.05) is 0 Å². The first-order valence-electron chi connectivity index (χ1n) is 3.44. The van der Waals surface area contributed by atoms with Crippen LogP contribution in [-0.2, 0) is 9.24 Å². The maximum absolute atomic E-state index is 10.8. The molecule has 0 saturated carbocycles. The molecule has 0 aromatic carbocycles. The molecule has 0 fully saturated rings. The Morgan fingerprint density at radius 2 is 2.14 bits per heavy atom. The molecule has 6 N–H and O–H groups in total. The maximum Gasteiger partial charge on any atom is 0.339 e. The van der Waals surface area contributed by atoms with Crippen molar-refractivity contribution in [3.8, 4) is 0 Å². The molecule has 0 spiro atoms. The average molecular weight is 247 g/mol. The third-order valence-corrected chi connectivity index (χ3v) is 3.76. The topological polar surface area (TPSA) is 156 Å². The Hall–Kier alpha value is 0.120. The van der Waals surface area contributed by atoms with Crippen molar-refractivity contribution in [1.82, 2.24) is 0 Å². The van der Waals surface area contributed by atoms with Crippen molar-refractivity contribution in [1.29, 1.82) is 0 Å². The van der Waals surface area contributed by atoms with Crippen molar-refractivity contribution in [3.05, 3.63) is 0 Å². The molecular formula is C4H11NO7P2. The van der Waals surface area contributed by atoms with Crippen molar-refractivity contribution < 1.29 is 34.3 Å². The largest absolute Gasteiger partial charge is 0.599 e. The minimum absolute atomic E-state index is 0.117. The van der Waals surface area contributed by atoms with Gasteiger partial charge in [0.05, 0.1) is 0 Å². The minimum atomic E-state index is -4.66. The Morgan fingerprint density at radius 3 is 2.43 bits per heavy atom. The summed E-state index contributed by atoms with van der Waals surface area (Å²) in [7, 11) is -7.68. The van der Waals surface area contributed by atoms with Gasteiger partial charge in [0.2, 0.25) is 0 Å². The molecule has 8 nitrogen and oxygen atoms in total. The predicted octanol–water partition coefficient (Wildman–Crippen LogP) is -1.45. The second-order valence-electron chi connectivity index (χ2n) is 2.38. The van der Waals surface area contributed by atoms with E-state index in [2.05, 4.69) is 4.67 Å². The first kappa shape index (κ1) is 14.1. The minimum Gasteiger partial charge on any atom is -0.599 e. The molecule has 0 aliphatic rings. The lowest BCUT2D eigenvalue weighted by atomic mass is 10.3. The molecular weight excluding hydrogens is 236 g/mol. The maximum atomic E-state index is 10.8. The summed E-state index contributed by atoms with van der Waals surface area (Å²) in [5, 5.41) is 17.0. The fraction of sp³-hybridized carbons (Fsp3) is 0.750. The molecule has 0 radical (unpaired) electrons. The van der Waals surface area contributed by atoms with Gasteiger partial charge in [-0.05, 0) is 17.6 Å². The molecule has 0 amide bonds. The van der Waals surface area contributed by atoms with Gasteiger partial charge in [0.15, 0.2) is 5.66 Å². The van der Waals surface area contributed by atoms with Gasteiger partial charge in [-0.3, -0.25) is 4.57 Å². The molecule has 0 saturated heterocycles. The highest BCUT2D eigenvalue weighted by Gasteiger charge is 2.37. The zero-order chi connectivity index (χ0) is 11.4. The molecule has 84 valence electrons. The summed E-state index contributed by atoms with van der Waals surface area (Å²) in [6, 6.07) is 0. The van der Waals surface area contributed by atoms with Crippen LogP contribution in [0.1, 0.15) is 6.42 Å². The molecule has 0 aromatic heterocycles. The molecule has 2 unspecified atom stereocenters. The van der Waals surface area contributed by atoms with Gasteiger partial charge in [0, 0.05) is 0 Å². The van der Waals surface area contributed by atoms with Crippen LogP contribution in [0.5, 0.6) is 0 Å². The van der Waals surface area contributed by atoms with Crippen molar-refractivity contribution in [2.75, 3.05) is 6.54 Å². The Labute approximate surface area is 80.6 Å². The predicted molar refractivity (Wildman–Crippen MR) is 47.1 cm³/mol. The average Bonchev–Trinajstić information content (AvgIpc) is 2.09. The van der Waals surface area contributed by atoms with E-state index in [4.69, 9.17) is 25.9 Å². The van der Waals surface area contributed by atoms with E-state index in [9.17, 15) is 9.46 Å². The van der Waals surface area contributed by atoms with Gasteiger partial charge < -0.3 is 25.5 Å².